The largest absolute Gasteiger partial charge is 0.507 e. The molecule has 3 N–H and O–H groups in total. The number of carbonyl (C=O) groups is 4. The highest BCUT2D eigenvalue weighted by Gasteiger charge is 2.60. The number of phenols is 1. The predicted molar refractivity (Wildman–Crippen MR) is 219 cm³/mol. The van der Waals surface area contributed by atoms with E-state index in [9.17, 15) is 24.3 Å². The first kappa shape index (κ1) is 37.9. The minimum atomic E-state index is -0.271. The standard InChI is InChI=1S/C46H51N7O5/c54-40-9-5-4-8-36(40)39-24-34(25-48-50-39)52-22-18-46(19-23-52,33-6-2-1-3-7-33)29-47-45(58)43-37-26-53(27-38(37)43)42(56)28-51-20-16-31(17-21-51)30-10-12-32(13-11-30)35-14-15-41(55)49-44(35)57/h1-13,24-25,31,35,37-38,43,54H,14-23,26-29H2,(H,47,58)(H,49,55,57)/t35-,37-,38+,43?/m0/s1. The van der Waals surface area contributed by atoms with E-state index in [0.717, 1.165) is 63.1 Å². The summed E-state index contributed by atoms with van der Waals surface area (Å²) in [4.78, 5) is 57.5. The van der Waals surface area contributed by atoms with Gasteiger partial charge in [-0.3, -0.25) is 29.4 Å². The SMILES string of the molecule is O=C1CC[C@@H](c2ccc(C3CCN(CC(=O)N4C[C@@H]5C(C(=O)NCC6(c7ccccc7)CCN(c7cnnc(-c8ccccc8O)c7)CC6)[C@@H]5C4)CC3)cc2)C(=O)N1. The number of nitrogens with one attached hydrogen (secondary N) is 2. The van der Waals surface area contributed by atoms with E-state index in [1.807, 2.05) is 41.3 Å². The Kier molecular flexibility index (Phi) is 10.4. The summed E-state index contributed by atoms with van der Waals surface area (Å²) < 4.78 is 0. The normalized spacial score (nSPS) is 24.6. The maximum atomic E-state index is 13.7. The molecule has 0 spiro atoms. The van der Waals surface area contributed by atoms with E-state index < -0.39 is 0 Å². The molecule has 0 radical (unpaired) electrons. The van der Waals surface area contributed by atoms with Gasteiger partial charge in [0.05, 0.1) is 30.0 Å². The Morgan fingerprint density at radius 2 is 1.53 bits per heavy atom. The second-order valence-corrected chi connectivity index (χ2v) is 17.0. The monoisotopic (exact) mass is 781 g/mol. The van der Waals surface area contributed by atoms with Crippen molar-refractivity contribution in [3.05, 3.63) is 108 Å². The van der Waals surface area contributed by atoms with Crippen LogP contribution in [0.25, 0.3) is 11.3 Å². The van der Waals surface area contributed by atoms with Crippen LogP contribution in [-0.2, 0) is 24.6 Å². The fourth-order valence-electron chi connectivity index (χ4n) is 10.1. The van der Waals surface area contributed by atoms with Gasteiger partial charge in [0.2, 0.25) is 23.6 Å². The Labute approximate surface area is 339 Å². The molecule has 4 saturated heterocycles. The number of imide groups is 1. The van der Waals surface area contributed by atoms with Gasteiger partial charge in [-0.15, -0.1) is 0 Å². The number of amides is 4. The first-order chi connectivity index (χ1) is 28.2. The molecule has 4 aromatic rings. The zero-order chi connectivity index (χ0) is 39.8. The number of likely N-dealkylation sites (tertiary alicyclic amines) is 2. The van der Waals surface area contributed by atoms with Gasteiger partial charge in [0, 0.05) is 56.0 Å². The summed E-state index contributed by atoms with van der Waals surface area (Å²) in [5.41, 5.74) is 5.49. The molecular formula is C46H51N7O5. The number of fused-ring (bicyclic) bond motifs is 1. The highest BCUT2D eigenvalue weighted by molar-refractivity contribution is 6.00. The summed E-state index contributed by atoms with van der Waals surface area (Å²) in [5, 5.41) is 24.8. The van der Waals surface area contributed by atoms with Crippen LogP contribution in [0.15, 0.2) is 91.1 Å². The third kappa shape index (κ3) is 7.69. The van der Waals surface area contributed by atoms with E-state index in [4.69, 9.17) is 0 Å². The summed E-state index contributed by atoms with van der Waals surface area (Å²) in [6.45, 7) is 5.59. The number of carbonyl (C=O) groups excluding carboxylic acids is 4. The molecule has 3 aromatic carbocycles. The Balaban J connectivity index is 0.741. The third-order valence-corrected chi connectivity index (χ3v) is 13.7. The number of nitrogens with zero attached hydrogens (tertiary/aromatic N) is 5. The highest BCUT2D eigenvalue weighted by Crippen LogP contribution is 2.52. The molecule has 1 aromatic heterocycles. The lowest BCUT2D eigenvalue weighted by atomic mass is 9.72. The van der Waals surface area contributed by atoms with Crippen molar-refractivity contribution in [3.8, 4) is 17.0 Å². The van der Waals surface area contributed by atoms with Gasteiger partial charge in [0.25, 0.3) is 0 Å². The van der Waals surface area contributed by atoms with Gasteiger partial charge < -0.3 is 20.2 Å². The predicted octanol–water partition coefficient (Wildman–Crippen LogP) is 4.61. The number of aromatic nitrogens is 2. The lowest BCUT2D eigenvalue weighted by molar-refractivity contribution is -0.134. The molecular weight excluding hydrogens is 731 g/mol. The van der Waals surface area contributed by atoms with Gasteiger partial charge in [-0.05, 0) is 97.8 Å². The van der Waals surface area contributed by atoms with Crippen molar-refractivity contribution in [3.63, 3.8) is 0 Å². The molecule has 58 heavy (non-hydrogen) atoms. The summed E-state index contributed by atoms with van der Waals surface area (Å²) in [6.07, 6.45) is 6.37. The molecule has 5 fully saturated rings. The Hall–Kier alpha value is -5.62. The number of para-hydroxylation sites is 1. The molecule has 1 aliphatic carbocycles. The number of hydrogen-bond acceptors (Lipinski definition) is 9. The molecule has 1 saturated carbocycles. The second kappa shape index (κ2) is 16.0. The topological polar surface area (TPSA) is 148 Å². The Morgan fingerprint density at radius 1 is 0.845 bits per heavy atom. The second-order valence-electron chi connectivity index (χ2n) is 17.0. The Morgan fingerprint density at radius 3 is 2.24 bits per heavy atom. The fraction of sp³-hybridized carbons (Fsp3) is 0.435. The van der Waals surface area contributed by atoms with Gasteiger partial charge in [-0.2, -0.15) is 10.2 Å². The molecule has 4 aliphatic heterocycles. The molecule has 9 rings (SSSR count). The summed E-state index contributed by atoms with van der Waals surface area (Å²) >= 11 is 0. The van der Waals surface area contributed by atoms with E-state index >= 15 is 0 Å². The van der Waals surface area contributed by atoms with E-state index in [1.54, 1.807) is 18.3 Å². The molecule has 5 heterocycles. The van der Waals surface area contributed by atoms with E-state index in [-0.39, 0.29) is 58.5 Å². The third-order valence-electron chi connectivity index (χ3n) is 13.7. The number of phenolic OH excluding ortho intramolecular Hbond substituents is 1. The summed E-state index contributed by atoms with van der Waals surface area (Å²) in [6, 6.07) is 28.0. The van der Waals surface area contributed by atoms with Crippen LogP contribution in [0.1, 0.15) is 67.1 Å². The number of anilines is 1. The first-order valence-electron chi connectivity index (χ1n) is 20.9. The maximum Gasteiger partial charge on any atom is 0.236 e. The van der Waals surface area contributed by atoms with Crippen molar-refractivity contribution < 1.29 is 24.3 Å². The molecule has 4 atom stereocenters. The van der Waals surface area contributed by atoms with E-state index in [1.165, 1.54) is 11.1 Å². The minimum Gasteiger partial charge on any atom is -0.507 e. The van der Waals surface area contributed by atoms with Crippen molar-refractivity contribution in [2.45, 2.75) is 55.8 Å². The van der Waals surface area contributed by atoms with Gasteiger partial charge in [-0.25, -0.2) is 0 Å². The quantitative estimate of drug-likeness (QED) is 0.196. The molecule has 300 valence electrons. The molecule has 4 amide bonds. The number of piperidine rings is 4. The highest BCUT2D eigenvalue weighted by atomic mass is 16.3. The van der Waals surface area contributed by atoms with Crippen LogP contribution >= 0.6 is 0 Å². The van der Waals surface area contributed by atoms with Crippen molar-refractivity contribution in [2.24, 2.45) is 17.8 Å². The van der Waals surface area contributed by atoms with Gasteiger partial charge in [0.15, 0.2) is 0 Å². The maximum absolute atomic E-state index is 13.7. The molecule has 12 nitrogen and oxygen atoms in total. The van der Waals surface area contributed by atoms with Crippen LogP contribution in [0.3, 0.4) is 0 Å². The van der Waals surface area contributed by atoms with Crippen molar-refractivity contribution in [1.29, 1.82) is 0 Å². The number of aromatic hydroxyl groups is 1. The zero-order valence-electron chi connectivity index (χ0n) is 32.8. The number of rotatable bonds is 10. The van der Waals surface area contributed by atoms with Gasteiger partial charge in [0.1, 0.15) is 5.75 Å². The molecule has 12 heteroatoms. The van der Waals surface area contributed by atoms with Crippen LogP contribution in [0.4, 0.5) is 5.69 Å². The number of benzene rings is 3. The fourth-order valence-corrected chi connectivity index (χ4v) is 10.1. The van der Waals surface area contributed by atoms with Crippen LogP contribution < -0.4 is 15.5 Å². The molecule has 0 bridgehead atoms. The van der Waals surface area contributed by atoms with Gasteiger partial charge in [-0.1, -0.05) is 66.7 Å². The summed E-state index contributed by atoms with van der Waals surface area (Å²) in [5.74, 6) is 0.594. The summed E-state index contributed by atoms with van der Waals surface area (Å²) in [7, 11) is 0. The van der Waals surface area contributed by atoms with E-state index in [2.05, 4.69) is 67.0 Å². The molecule has 1 unspecified atom stereocenters. The lowest BCUT2D eigenvalue weighted by Crippen LogP contribution is -2.49. The van der Waals surface area contributed by atoms with Crippen LogP contribution in [0.2, 0.25) is 0 Å². The first-order valence-corrected chi connectivity index (χ1v) is 20.9. The lowest BCUT2D eigenvalue weighted by Gasteiger charge is -2.43. The van der Waals surface area contributed by atoms with E-state index in [0.29, 0.717) is 56.2 Å². The van der Waals surface area contributed by atoms with Crippen molar-refractivity contribution in [1.82, 2.24) is 30.6 Å². The van der Waals surface area contributed by atoms with Crippen LogP contribution in [0.5, 0.6) is 5.75 Å². The van der Waals surface area contributed by atoms with Gasteiger partial charge >= 0.3 is 0 Å². The van der Waals surface area contributed by atoms with Crippen LogP contribution in [-0.4, -0.2) is 101 Å². The zero-order valence-corrected chi connectivity index (χ0v) is 32.8. The average molecular weight is 782 g/mol. The Bertz CT molecular complexity index is 2150. The minimum absolute atomic E-state index is 0.0372. The smallest absolute Gasteiger partial charge is 0.236 e. The molecule has 5 aliphatic rings. The average Bonchev–Trinajstić information content (AvgIpc) is 3.76. The van der Waals surface area contributed by atoms with Crippen molar-refractivity contribution >= 4 is 29.3 Å². The number of hydrogen-bond donors (Lipinski definition) is 3. The van der Waals surface area contributed by atoms with Crippen LogP contribution in [0, 0.1) is 17.8 Å². The van der Waals surface area contributed by atoms with Crippen molar-refractivity contribution in [2.75, 3.05) is 57.3 Å².